The molecule has 4 rings (SSSR count). The van der Waals surface area contributed by atoms with Gasteiger partial charge < -0.3 is 146 Å². The molecule has 3 aliphatic heterocycles. The first kappa shape index (κ1) is 88.8. The number of rotatable bonds is 50. The van der Waals surface area contributed by atoms with Gasteiger partial charge in [-0.05, 0) is 32.1 Å². The van der Waals surface area contributed by atoms with Crippen LogP contribution in [-0.2, 0) is 90.5 Å². The van der Waals surface area contributed by atoms with Crippen molar-refractivity contribution in [3.8, 4) is 0 Å². The van der Waals surface area contributed by atoms with E-state index in [1.54, 1.807) is 7.11 Å². The number of carbonyl (C=O) groups excluding carboxylic acids is 9. The molecule has 588 valence electrons. The van der Waals surface area contributed by atoms with Crippen molar-refractivity contribution >= 4 is 53.2 Å². The molecule has 16 unspecified atom stereocenters. The zero-order chi connectivity index (χ0) is 75.1. The first-order chi connectivity index (χ1) is 48.8. The number of ether oxygens (including phenoxy) is 10. The molecule has 0 bridgehead atoms. The summed E-state index contributed by atoms with van der Waals surface area (Å²) in [5.74, 6) is -4.87. The SMILES string of the molecule is CO[C@H]1C[C@H](O)C[C@H]1NC(=O)CCCCCCCCCCC(=O)NC(CCC(=O)NC(CCC(=O)NCCOCCOC1OC(CO)C(O)C(O)C1NC(C)=O)C(=O)NCCOCCOC1O[C@H](CO)C(O)C(O)C1NC(C)=O)C(=O)NCCOCCOC1OC(CO)C(O)C(O)C1NC(C)=O. The van der Waals surface area contributed by atoms with Crippen molar-refractivity contribution in [1.29, 1.82) is 0 Å². The number of carbonyl (C=O) groups is 9. The van der Waals surface area contributed by atoms with E-state index >= 15 is 0 Å². The van der Waals surface area contributed by atoms with Crippen molar-refractivity contribution in [1.82, 2.24) is 47.9 Å². The second kappa shape index (κ2) is 49.3. The second-order valence-corrected chi connectivity index (χ2v) is 25.4. The molecule has 4 fully saturated rings. The Balaban J connectivity index is 1.33. The zero-order valence-electron chi connectivity index (χ0n) is 58.7. The fraction of sp³-hybridized carbons (Fsp3) is 0.859. The number of hydrogen-bond donors (Lipinski definition) is 19. The normalized spacial score (nSPS) is 28.4. The molecule has 38 heteroatoms. The van der Waals surface area contributed by atoms with Gasteiger partial charge in [-0.2, -0.15) is 0 Å². The summed E-state index contributed by atoms with van der Waals surface area (Å²) in [6, 6.07) is -6.36. The predicted octanol–water partition coefficient (Wildman–Crippen LogP) is -7.65. The molecule has 0 aromatic rings. The highest BCUT2D eigenvalue weighted by Gasteiger charge is 2.48. The highest BCUT2D eigenvalue weighted by Crippen LogP contribution is 2.26. The summed E-state index contributed by atoms with van der Waals surface area (Å²) in [7, 11) is 1.56. The molecule has 0 radical (unpaired) electrons. The molecule has 102 heavy (non-hydrogen) atoms. The second-order valence-electron chi connectivity index (χ2n) is 25.4. The molecule has 0 aromatic carbocycles. The van der Waals surface area contributed by atoms with Crippen molar-refractivity contribution in [3.05, 3.63) is 0 Å². The van der Waals surface area contributed by atoms with Gasteiger partial charge in [-0.25, -0.2) is 0 Å². The molecule has 3 saturated heterocycles. The van der Waals surface area contributed by atoms with Gasteiger partial charge in [0.15, 0.2) is 18.9 Å². The average molecular weight is 1470 g/mol. The van der Waals surface area contributed by atoms with E-state index in [1.165, 1.54) is 20.8 Å². The molecule has 38 nitrogen and oxygen atoms in total. The minimum absolute atomic E-state index is 0.0204. The fourth-order valence-corrected chi connectivity index (χ4v) is 11.8. The minimum Gasteiger partial charge on any atom is -0.394 e. The van der Waals surface area contributed by atoms with E-state index in [0.29, 0.717) is 38.5 Å². The maximum absolute atomic E-state index is 13.8. The van der Waals surface area contributed by atoms with Crippen molar-refractivity contribution < 1.29 is 142 Å². The number of nitrogens with one attached hydrogen (secondary N) is 9. The van der Waals surface area contributed by atoms with E-state index in [1.807, 2.05) is 0 Å². The molecule has 0 spiro atoms. The first-order valence-corrected chi connectivity index (χ1v) is 35.0. The van der Waals surface area contributed by atoms with Crippen molar-refractivity contribution in [2.24, 2.45) is 0 Å². The lowest BCUT2D eigenvalue weighted by atomic mass is 9.97. The Labute approximate surface area is 592 Å². The predicted molar refractivity (Wildman–Crippen MR) is 352 cm³/mol. The van der Waals surface area contributed by atoms with Crippen LogP contribution in [0.25, 0.3) is 0 Å². The van der Waals surface area contributed by atoms with Crippen LogP contribution in [0.5, 0.6) is 0 Å². The Hall–Kier alpha value is -5.57. The van der Waals surface area contributed by atoms with Crippen LogP contribution in [-0.4, -0.2) is 333 Å². The van der Waals surface area contributed by atoms with Crippen LogP contribution in [0.4, 0.5) is 0 Å². The monoisotopic (exact) mass is 1470 g/mol. The summed E-state index contributed by atoms with van der Waals surface area (Å²) < 4.78 is 55.8. The average Bonchev–Trinajstić information content (AvgIpc) is 1.03. The van der Waals surface area contributed by atoms with E-state index in [9.17, 15) is 94.2 Å². The van der Waals surface area contributed by atoms with Crippen LogP contribution >= 0.6 is 0 Å². The fourth-order valence-electron chi connectivity index (χ4n) is 11.8. The molecule has 0 aromatic heterocycles. The first-order valence-electron chi connectivity index (χ1n) is 35.0. The van der Waals surface area contributed by atoms with Gasteiger partial charge in [-0.15, -0.1) is 0 Å². The van der Waals surface area contributed by atoms with Crippen LogP contribution in [0.15, 0.2) is 0 Å². The summed E-state index contributed by atoms with van der Waals surface area (Å²) in [5.41, 5.74) is 0. The standard InChI is InChI=1S/C64H113N9O29/c1-36(77)68-51-57(88)54(85)44(33-74)100-62(51)97-28-25-94-22-19-65-47(81)17-15-40(60(91)66-20-23-95-26-29-98-63-52(69-37(2)78)58(89)55(86)45(34-75)101-63)72-50(84)18-16-41(61(92)67-21-24-96-27-30-99-64-53(70-38(3)79)59(90)56(87)46(35-76)102-64)71-48(82)13-11-9-7-5-6-8-10-12-14-49(83)73-42-31-39(80)32-43(42)93-4/h39-46,51-59,62-64,74-76,80,85-90H,5-35H2,1-4H3,(H,65,81)(H,66,91)(H,67,92)(H,68,77)(H,69,78)(H,70,79)(H,71,82)(H,72,84)(H,73,83)/t39-,40?,41?,42-,43+,44?,45-,46?,51?,52?,53?,54?,55?,56?,57?,58?,59?,62?,63?,64?/m1/s1. The molecule has 19 N–H and O–H groups in total. The van der Waals surface area contributed by atoms with Gasteiger partial charge in [0.05, 0.1) is 97.5 Å². The molecule has 9 amide bonds. The highest BCUT2D eigenvalue weighted by molar-refractivity contribution is 5.90. The number of aliphatic hydroxyl groups excluding tert-OH is 10. The largest absolute Gasteiger partial charge is 0.394 e. The van der Waals surface area contributed by atoms with Gasteiger partial charge in [-0.3, -0.25) is 43.2 Å². The lowest BCUT2D eigenvalue weighted by molar-refractivity contribution is -0.272. The Bertz CT molecular complexity index is 2500. The number of aliphatic hydroxyl groups is 10. The van der Waals surface area contributed by atoms with Crippen LogP contribution < -0.4 is 47.9 Å². The number of amides is 9. The molecule has 4 aliphatic rings. The summed E-state index contributed by atoms with van der Waals surface area (Å²) >= 11 is 0. The third-order valence-corrected chi connectivity index (χ3v) is 17.3. The molecule has 3 heterocycles. The van der Waals surface area contributed by atoms with Gasteiger partial charge >= 0.3 is 0 Å². The Morgan fingerprint density at radius 2 is 0.745 bits per heavy atom. The minimum atomic E-state index is -1.54. The Morgan fingerprint density at radius 3 is 1.11 bits per heavy atom. The summed E-state index contributed by atoms with van der Waals surface area (Å²) in [6.45, 7) is 0.452. The number of hydrogen-bond acceptors (Lipinski definition) is 29. The summed E-state index contributed by atoms with van der Waals surface area (Å²) in [4.78, 5) is 116. The third-order valence-electron chi connectivity index (χ3n) is 17.3. The number of methoxy groups -OCH3 is 1. The van der Waals surface area contributed by atoms with Crippen LogP contribution in [0.3, 0.4) is 0 Å². The Morgan fingerprint density at radius 1 is 0.402 bits per heavy atom. The quantitative estimate of drug-likeness (QED) is 0.0252. The Kier molecular flexibility index (Phi) is 42.9. The highest BCUT2D eigenvalue weighted by atomic mass is 16.7. The van der Waals surface area contributed by atoms with Crippen molar-refractivity contribution in [2.75, 3.05) is 106 Å². The van der Waals surface area contributed by atoms with E-state index in [4.69, 9.17) is 47.4 Å². The summed E-state index contributed by atoms with van der Waals surface area (Å²) in [6.07, 6.45) is -10.8. The van der Waals surface area contributed by atoms with E-state index in [0.717, 1.165) is 32.1 Å². The zero-order valence-corrected chi connectivity index (χ0v) is 58.7. The van der Waals surface area contributed by atoms with Gasteiger partial charge in [-0.1, -0.05) is 38.5 Å². The molecule has 1 aliphatic carbocycles. The van der Waals surface area contributed by atoms with Gasteiger partial charge in [0, 0.05) is 79.6 Å². The molecular formula is C64H113N9O29. The van der Waals surface area contributed by atoms with Crippen LogP contribution in [0.2, 0.25) is 0 Å². The van der Waals surface area contributed by atoms with E-state index in [2.05, 4.69) is 47.9 Å². The van der Waals surface area contributed by atoms with Crippen molar-refractivity contribution in [3.63, 3.8) is 0 Å². The maximum atomic E-state index is 13.8. The topological polar surface area (TPSA) is 556 Å². The van der Waals surface area contributed by atoms with Gasteiger partial charge in [0.1, 0.15) is 85.1 Å². The van der Waals surface area contributed by atoms with Crippen LogP contribution in [0, 0.1) is 0 Å². The van der Waals surface area contributed by atoms with Gasteiger partial charge in [0.25, 0.3) is 0 Å². The lowest BCUT2D eigenvalue weighted by Crippen LogP contribution is -2.64. The smallest absolute Gasteiger partial charge is 0.242 e. The molecular weight excluding hydrogens is 1360 g/mol. The maximum Gasteiger partial charge on any atom is 0.242 e. The molecule has 20 atom stereocenters. The van der Waals surface area contributed by atoms with E-state index < -0.39 is 184 Å². The number of unbranched alkanes of at least 4 members (excludes halogenated alkanes) is 7. The van der Waals surface area contributed by atoms with Crippen LogP contribution in [0.1, 0.15) is 124 Å². The van der Waals surface area contributed by atoms with E-state index in [-0.39, 0.29) is 123 Å². The van der Waals surface area contributed by atoms with Gasteiger partial charge in [0.2, 0.25) is 53.2 Å². The van der Waals surface area contributed by atoms with Crippen molar-refractivity contribution in [2.45, 2.75) is 246 Å². The lowest BCUT2D eigenvalue weighted by Gasteiger charge is -2.42. The molecule has 1 saturated carbocycles. The summed E-state index contributed by atoms with van der Waals surface area (Å²) in [5, 5.41) is 125. The third kappa shape index (κ3) is 32.4.